The first-order valence-electron chi connectivity index (χ1n) is 12.5. The van der Waals surface area contributed by atoms with Crippen molar-refractivity contribution < 1.29 is 20.1 Å². The van der Waals surface area contributed by atoms with Gasteiger partial charge < -0.3 is 4.98 Å². The van der Waals surface area contributed by atoms with Crippen LogP contribution in [-0.2, 0) is 20.1 Å². The molecule has 0 N–H and O–H groups in total. The zero-order valence-corrected chi connectivity index (χ0v) is 23.5. The Labute approximate surface area is 242 Å². The van der Waals surface area contributed by atoms with Gasteiger partial charge in [-0.1, -0.05) is 95.1 Å². The fourth-order valence-electron chi connectivity index (χ4n) is 4.89. The molecule has 6 rings (SSSR count). The van der Waals surface area contributed by atoms with Crippen LogP contribution in [0.2, 0.25) is 0 Å². The maximum atomic E-state index is 4.72. The van der Waals surface area contributed by atoms with E-state index >= 15 is 0 Å². The van der Waals surface area contributed by atoms with Gasteiger partial charge in [-0.05, 0) is 47.2 Å². The molecule has 0 saturated heterocycles. The topological polar surface area (TPSA) is 38.7 Å². The van der Waals surface area contributed by atoms with E-state index in [0.717, 1.165) is 61.6 Å². The van der Waals surface area contributed by atoms with Gasteiger partial charge >= 0.3 is 0 Å². The predicted octanol–water partition coefficient (Wildman–Crippen LogP) is 8.65. The van der Waals surface area contributed by atoms with E-state index in [1.807, 2.05) is 85.3 Å². The minimum Gasteiger partial charge on any atom is -0.305 e. The number of pyridine rings is 3. The average Bonchev–Trinajstić information content (AvgIpc) is 3.01. The molecular formula is C35H24IrN3-. The minimum absolute atomic E-state index is 0. The molecule has 189 valence electrons. The van der Waals surface area contributed by atoms with E-state index in [9.17, 15) is 0 Å². The van der Waals surface area contributed by atoms with Gasteiger partial charge in [0, 0.05) is 44.3 Å². The van der Waals surface area contributed by atoms with E-state index in [-0.39, 0.29) is 20.1 Å². The molecule has 6 aromatic rings. The molecule has 4 heteroatoms. The standard InChI is InChI=1S/C35H24N3.Ir/c1-2-25-20-21-30(33-19-9-12-24-38-33)35(29-16-6-4-14-27(29)32-18-8-11-23-37-32)34(25)28-15-5-3-13-26(28)31-17-7-10-22-36-31;/h2-20,22-24H,1H2;/q-1;. The Kier molecular flexibility index (Phi) is 7.98. The van der Waals surface area contributed by atoms with Gasteiger partial charge in [0.05, 0.1) is 11.4 Å². The van der Waals surface area contributed by atoms with Crippen LogP contribution >= 0.6 is 0 Å². The van der Waals surface area contributed by atoms with Gasteiger partial charge in [-0.25, -0.2) is 0 Å². The van der Waals surface area contributed by atoms with Crippen LogP contribution in [-0.4, -0.2) is 15.0 Å². The molecule has 39 heavy (non-hydrogen) atoms. The quantitative estimate of drug-likeness (QED) is 0.166. The Balaban J connectivity index is 0.00000308. The summed E-state index contributed by atoms with van der Waals surface area (Å²) in [5.41, 5.74) is 10.9. The average molecular weight is 679 g/mol. The van der Waals surface area contributed by atoms with Gasteiger partial charge in [0.15, 0.2) is 0 Å². The molecule has 3 aromatic carbocycles. The number of benzene rings is 3. The van der Waals surface area contributed by atoms with Gasteiger partial charge in [-0.2, -0.15) is 0 Å². The Morgan fingerprint density at radius 1 is 0.513 bits per heavy atom. The first-order chi connectivity index (χ1) is 18.8. The molecule has 0 spiro atoms. The Hall–Kier alpha value is -4.50. The van der Waals surface area contributed by atoms with E-state index in [1.165, 1.54) is 0 Å². The summed E-state index contributed by atoms with van der Waals surface area (Å²) in [7, 11) is 0. The number of hydrogen-bond donors (Lipinski definition) is 0. The molecule has 1 radical (unpaired) electrons. The monoisotopic (exact) mass is 679 g/mol. The molecule has 0 aliphatic carbocycles. The van der Waals surface area contributed by atoms with Crippen LogP contribution in [0.3, 0.4) is 0 Å². The number of aromatic nitrogens is 3. The van der Waals surface area contributed by atoms with E-state index < -0.39 is 0 Å². The van der Waals surface area contributed by atoms with Crippen molar-refractivity contribution in [2.75, 3.05) is 0 Å². The van der Waals surface area contributed by atoms with Crippen molar-refractivity contribution >= 4 is 6.08 Å². The van der Waals surface area contributed by atoms with Crippen molar-refractivity contribution in [1.29, 1.82) is 0 Å². The van der Waals surface area contributed by atoms with Crippen LogP contribution in [0.15, 0.2) is 134 Å². The molecule has 0 bridgehead atoms. The van der Waals surface area contributed by atoms with Crippen molar-refractivity contribution in [3.8, 4) is 56.0 Å². The van der Waals surface area contributed by atoms with Gasteiger partial charge in [-0.15, -0.1) is 30.4 Å². The summed E-state index contributed by atoms with van der Waals surface area (Å²) < 4.78 is 0. The third-order valence-electron chi connectivity index (χ3n) is 6.58. The van der Waals surface area contributed by atoms with Crippen LogP contribution in [0.5, 0.6) is 0 Å². The Bertz CT molecular complexity index is 1720. The smallest absolute Gasteiger partial charge is 0.0707 e. The fourth-order valence-corrected chi connectivity index (χ4v) is 4.89. The van der Waals surface area contributed by atoms with Crippen LogP contribution in [0.25, 0.3) is 62.1 Å². The molecule has 0 saturated carbocycles. The summed E-state index contributed by atoms with van der Waals surface area (Å²) >= 11 is 0. The number of hydrogen-bond acceptors (Lipinski definition) is 3. The zero-order valence-electron chi connectivity index (χ0n) is 21.1. The van der Waals surface area contributed by atoms with Crippen molar-refractivity contribution in [3.05, 3.63) is 146 Å². The Morgan fingerprint density at radius 3 is 1.41 bits per heavy atom. The molecule has 0 atom stereocenters. The summed E-state index contributed by atoms with van der Waals surface area (Å²) in [6.07, 6.45) is 7.38. The molecule has 0 aliphatic heterocycles. The first kappa shape index (κ1) is 26.1. The second kappa shape index (κ2) is 11.9. The molecule has 0 fully saturated rings. The molecule has 0 aliphatic rings. The Morgan fingerprint density at radius 2 is 0.949 bits per heavy atom. The van der Waals surface area contributed by atoms with Gasteiger partial charge in [0.25, 0.3) is 0 Å². The summed E-state index contributed by atoms with van der Waals surface area (Å²) in [5.74, 6) is 0. The van der Waals surface area contributed by atoms with Crippen molar-refractivity contribution in [1.82, 2.24) is 15.0 Å². The predicted molar refractivity (Wildman–Crippen MR) is 156 cm³/mol. The normalized spacial score (nSPS) is 10.5. The second-order valence-corrected chi connectivity index (χ2v) is 8.81. The maximum Gasteiger partial charge on any atom is 0.0707 e. The summed E-state index contributed by atoms with van der Waals surface area (Å²) in [4.78, 5) is 14.1. The van der Waals surface area contributed by atoms with Crippen LogP contribution < -0.4 is 0 Å². The molecule has 3 heterocycles. The van der Waals surface area contributed by atoms with Crippen LogP contribution in [0.4, 0.5) is 0 Å². The SMILES string of the molecule is C=Cc1c[c-]c(-c2ccccn2)c(-c2ccccc2-c2ccccn2)c1-c1ccccc1-c1ccccn1.[Ir]. The van der Waals surface area contributed by atoms with Crippen molar-refractivity contribution in [3.63, 3.8) is 0 Å². The molecule has 0 unspecified atom stereocenters. The third-order valence-corrected chi connectivity index (χ3v) is 6.58. The molecule has 3 aromatic heterocycles. The summed E-state index contributed by atoms with van der Waals surface area (Å²) in [6.45, 7) is 4.17. The van der Waals surface area contributed by atoms with E-state index in [4.69, 9.17) is 9.97 Å². The third kappa shape index (κ3) is 5.13. The summed E-state index contributed by atoms with van der Waals surface area (Å²) in [6, 6.07) is 40.3. The number of rotatable bonds is 6. The van der Waals surface area contributed by atoms with Crippen molar-refractivity contribution in [2.45, 2.75) is 0 Å². The molecule has 0 amide bonds. The zero-order chi connectivity index (χ0) is 25.7. The second-order valence-electron chi connectivity index (χ2n) is 8.81. The fraction of sp³-hybridized carbons (Fsp3) is 0. The number of nitrogens with zero attached hydrogens (tertiary/aromatic N) is 3. The molecular weight excluding hydrogens is 655 g/mol. The van der Waals surface area contributed by atoms with Gasteiger partial charge in [0.1, 0.15) is 0 Å². The van der Waals surface area contributed by atoms with Gasteiger partial charge in [0.2, 0.25) is 0 Å². The maximum absolute atomic E-state index is 4.72. The van der Waals surface area contributed by atoms with E-state index in [2.05, 4.69) is 66.2 Å². The van der Waals surface area contributed by atoms with E-state index in [1.54, 1.807) is 0 Å². The largest absolute Gasteiger partial charge is 0.305 e. The van der Waals surface area contributed by atoms with Crippen LogP contribution in [0, 0.1) is 6.07 Å². The van der Waals surface area contributed by atoms with E-state index in [0.29, 0.717) is 0 Å². The molecule has 3 nitrogen and oxygen atoms in total. The minimum atomic E-state index is 0. The van der Waals surface area contributed by atoms with Gasteiger partial charge in [-0.3, -0.25) is 9.97 Å². The first-order valence-corrected chi connectivity index (χ1v) is 12.5. The van der Waals surface area contributed by atoms with Crippen LogP contribution in [0.1, 0.15) is 5.56 Å². The summed E-state index contributed by atoms with van der Waals surface area (Å²) in [5, 5.41) is 0. The van der Waals surface area contributed by atoms with Crippen molar-refractivity contribution in [2.24, 2.45) is 0 Å².